The van der Waals surface area contributed by atoms with Gasteiger partial charge in [0.05, 0.1) is 28.2 Å². The Labute approximate surface area is 201 Å². The van der Waals surface area contributed by atoms with Crippen LogP contribution in [0.25, 0.3) is 0 Å². The number of carbonyl (C=O) groups is 5. The number of hydrogen-bond acceptors (Lipinski definition) is 7. The van der Waals surface area contributed by atoms with Gasteiger partial charge in [-0.3, -0.25) is 24.1 Å². The molecule has 1 atom stereocenters. The maximum atomic E-state index is 13.5. The minimum absolute atomic E-state index is 0.0175. The Hall–Kier alpha value is -3.53. The monoisotopic (exact) mass is 485 g/mol. The number of hydrogen-bond donors (Lipinski definition) is 2. The second-order valence-electron chi connectivity index (χ2n) is 8.22. The Morgan fingerprint density at radius 2 is 1.68 bits per heavy atom. The molecule has 9 nitrogen and oxygen atoms in total. The van der Waals surface area contributed by atoms with Crippen molar-refractivity contribution >= 4 is 45.9 Å². The van der Waals surface area contributed by atoms with Gasteiger partial charge >= 0.3 is 5.97 Å². The minimum atomic E-state index is -1.10. The summed E-state index contributed by atoms with van der Waals surface area (Å²) in [4.78, 5) is 65.7. The zero-order chi connectivity index (χ0) is 25.2. The van der Waals surface area contributed by atoms with E-state index in [1.807, 2.05) is 13.8 Å². The van der Waals surface area contributed by atoms with Crippen LogP contribution in [0.2, 0.25) is 0 Å². The van der Waals surface area contributed by atoms with Crippen molar-refractivity contribution < 1.29 is 28.7 Å². The first-order valence-corrected chi connectivity index (χ1v) is 11.7. The third kappa shape index (κ3) is 4.58. The lowest BCUT2D eigenvalue weighted by atomic mass is 10.0. The lowest BCUT2D eigenvalue weighted by Crippen LogP contribution is -2.48. The van der Waals surface area contributed by atoms with E-state index in [9.17, 15) is 24.0 Å². The summed E-state index contributed by atoms with van der Waals surface area (Å²) in [7, 11) is 1.46. The molecule has 0 unspecified atom stereocenters. The molecular weight excluding hydrogens is 458 g/mol. The summed E-state index contributed by atoms with van der Waals surface area (Å²) in [5, 5.41) is 5.33. The molecule has 34 heavy (non-hydrogen) atoms. The van der Waals surface area contributed by atoms with Crippen molar-refractivity contribution in [2.24, 2.45) is 5.92 Å². The SMILES string of the molecule is CCOC(=O)c1c(NC(=O)[C@@H](CC(C)C)N2C(=O)c3ccccc3C2=O)sc(C(=O)NC)c1C. The lowest BCUT2D eigenvalue weighted by molar-refractivity contribution is -0.120. The lowest BCUT2D eigenvalue weighted by Gasteiger charge is -2.26. The predicted octanol–water partition coefficient (Wildman–Crippen LogP) is 3.24. The molecule has 2 heterocycles. The smallest absolute Gasteiger partial charge is 0.341 e. The van der Waals surface area contributed by atoms with Crippen molar-refractivity contribution in [3.8, 4) is 0 Å². The standard InChI is InChI=1S/C24H27N3O6S/c1-6-33-24(32)17-13(4)18(20(29)25-5)34-21(17)26-19(28)16(11-12(2)3)27-22(30)14-9-7-8-10-15(14)23(27)31/h7-10,12,16H,6,11H2,1-5H3,(H,25,29)(H,26,28)/t16-/m1/s1. The molecule has 0 spiro atoms. The Morgan fingerprint density at radius 3 is 2.18 bits per heavy atom. The highest BCUT2D eigenvalue weighted by Crippen LogP contribution is 2.35. The predicted molar refractivity (Wildman–Crippen MR) is 127 cm³/mol. The summed E-state index contributed by atoms with van der Waals surface area (Å²) in [6.45, 7) is 7.11. The van der Waals surface area contributed by atoms with Gasteiger partial charge in [-0.2, -0.15) is 0 Å². The second kappa shape index (κ2) is 10.2. The van der Waals surface area contributed by atoms with Crippen molar-refractivity contribution in [3.05, 3.63) is 51.4 Å². The Bertz CT molecular complexity index is 1130. The maximum absolute atomic E-state index is 13.5. The Kier molecular flexibility index (Phi) is 7.51. The molecule has 1 aliphatic heterocycles. The van der Waals surface area contributed by atoms with Gasteiger partial charge in [0.15, 0.2) is 0 Å². The number of rotatable bonds is 8. The van der Waals surface area contributed by atoms with Gasteiger partial charge in [-0.25, -0.2) is 4.79 Å². The molecule has 0 saturated heterocycles. The van der Waals surface area contributed by atoms with E-state index in [0.29, 0.717) is 5.56 Å². The van der Waals surface area contributed by atoms with E-state index in [-0.39, 0.29) is 45.5 Å². The quantitative estimate of drug-likeness (QED) is 0.437. The molecule has 10 heteroatoms. The van der Waals surface area contributed by atoms with E-state index in [0.717, 1.165) is 16.2 Å². The van der Waals surface area contributed by atoms with Crippen molar-refractivity contribution in [2.75, 3.05) is 19.0 Å². The third-order valence-corrected chi connectivity index (χ3v) is 6.64. The number of imide groups is 1. The number of fused-ring (bicyclic) bond motifs is 1. The van der Waals surface area contributed by atoms with Gasteiger partial charge in [-0.15, -0.1) is 11.3 Å². The fourth-order valence-electron chi connectivity index (χ4n) is 3.84. The first-order valence-electron chi connectivity index (χ1n) is 10.9. The molecule has 0 saturated carbocycles. The van der Waals surface area contributed by atoms with Crippen LogP contribution in [0.5, 0.6) is 0 Å². The summed E-state index contributed by atoms with van der Waals surface area (Å²) in [6.07, 6.45) is 0.221. The molecule has 2 aromatic rings. The van der Waals surface area contributed by atoms with Crippen LogP contribution >= 0.6 is 11.3 Å². The molecule has 4 amide bonds. The van der Waals surface area contributed by atoms with Gasteiger partial charge in [-0.05, 0) is 43.9 Å². The van der Waals surface area contributed by atoms with E-state index in [1.54, 1.807) is 38.1 Å². The van der Waals surface area contributed by atoms with E-state index < -0.39 is 35.6 Å². The van der Waals surface area contributed by atoms with Crippen molar-refractivity contribution in [2.45, 2.75) is 40.2 Å². The van der Waals surface area contributed by atoms with Crippen LogP contribution in [0.15, 0.2) is 24.3 Å². The number of benzene rings is 1. The molecule has 1 aliphatic rings. The number of nitrogens with zero attached hydrogens (tertiary/aromatic N) is 1. The molecular formula is C24H27N3O6S. The van der Waals surface area contributed by atoms with Crippen molar-refractivity contribution in [1.82, 2.24) is 10.2 Å². The molecule has 2 N–H and O–H groups in total. The molecule has 0 fully saturated rings. The largest absolute Gasteiger partial charge is 0.462 e. The summed E-state index contributed by atoms with van der Waals surface area (Å²) >= 11 is 0.936. The van der Waals surface area contributed by atoms with Gasteiger partial charge < -0.3 is 15.4 Å². The minimum Gasteiger partial charge on any atom is -0.462 e. The van der Waals surface area contributed by atoms with Crippen molar-refractivity contribution in [3.63, 3.8) is 0 Å². The summed E-state index contributed by atoms with van der Waals surface area (Å²) in [6, 6.07) is 5.32. The average molecular weight is 486 g/mol. The van der Waals surface area contributed by atoms with Crippen LogP contribution in [0.4, 0.5) is 5.00 Å². The van der Waals surface area contributed by atoms with Crippen molar-refractivity contribution in [1.29, 1.82) is 0 Å². The fraction of sp³-hybridized carbons (Fsp3) is 0.375. The van der Waals surface area contributed by atoms with Gasteiger partial charge in [0, 0.05) is 7.05 Å². The molecule has 0 aliphatic carbocycles. The number of thiophene rings is 1. The Balaban J connectivity index is 2.00. The highest BCUT2D eigenvalue weighted by atomic mass is 32.1. The molecule has 1 aromatic heterocycles. The number of esters is 1. The summed E-state index contributed by atoms with van der Waals surface area (Å²) < 4.78 is 5.13. The van der Waals surface area contributed by atoms with Gasteiger partial charge in [0.25, 0.3) is 17.7 Å². The zero-order valence-corrected chi connectivity index (χ0v) is 20.5. The third-order valence-electron chi connectivity index (χ3n) is 5.43. The van der Waals surface area contributed by atoms with E-state index >= 15 is 0 Å². The molecule has 180 valence electrons. The second-order valence-corrected chi connectivity index (χ2v) is 9.24. The zero-order valence-electron chi connectivity index (χ0n) is 19.7. The van der Waals surface area contributed by atoms with Gasteiger partial charge in [0.1, 0.15) is 11.0 Å². The number of carbonyl (C=O) groups excluding carboxylic acids is 5. The molecule has 1 aromatic carbocycles. The normalized spacial score (nSPS) is 13.6. The van der Waals surface area contributed by atoms with Crippen LogP contribution in [-0.4, -0.2) is 54.2 Å². The van der Waals surface area contributed by atoms with E-state index in [4.69, 9.17) is 4.74 Å². The first kappa shape index (κ1) is 25.1. The summed E-state index contributed by atoms with van der Waals surface area (Å²) in [5.41, 5.74) is 0.939. The Morgan fingerprint density at radius 1 is 1.09 bits per heavy atom. The van der Waals surface area contributed by atoms with Gasteiger partial charge in [-0.1, -0.05) is 26.0 Å². The molecule has 0 radical (unpaired) electrons. The number of anilines is 1. The van der Waals surface area contributed by atoms with Crippen LogP contribution in [0.1, 0.15) is 73.5 Å². The van der Waals surface area contributed by atoms with E-state index in [1.165, 1.54) is 7.05 Å². The first-order chi connectivity index (χ1) is 16.1. The number of nitrogens with one attached hydrogen (secondary N) is 2. The highest BCUT2D eigenvalue weighted by Gasteiger charge is 2.43. The summed E-state index contributed by atoms with van der Waals surface area (Å²) in [5.74, 6) is -2.81. The maximum Gasteiger partial charge on any atom is 0.341 e. The molecule has 0 bridgehead atoms. The topological polar surface area (TPSA) is 122 Å². The van der Waals surface area contributed by atoms with Crippen LogP contribution in [-0.2, 0) is 9.53 Å². The average Bonchev–Trinajstić information content (AvgIpc) is 3.25. The number of ether oxygens (including phenoxy) is 1. The number of amides is 4. The molecule has 3 rings (SSSR count). The highest BCUT2D eigenvalue weighted by molar-refractivity contribution is 7.18. The fourth-order valence-corrected chi connectivity index (χ4v) is 4.99. The van der Waals surface area contributed by atoms with Crippen LogP contribution in [0, 0.1) is 12.8 Å². The van der Waals surface area contributed by atoms with Crippen LogP contribution < -0.4 is 10.6 Å². The van der Waals surface area contributed by atoms with Gasteiger partial charge in [0.2, 0.25) is 5.91 Å². The van der Waals surface area contributed by atoms with Crippen LogP contribution in [0.3, 0.4) is 0 Å². The van der Waals surface area contributed by atoms with E-state index in [2.05, 4.69) is 10.6 Å².